The molecule has 4 heteroatoms. The standard InChI is InChI=1S/C37H40N4/c1-10-27-24(8)31-16-29-20(4)22(6)36(40-29)35(26-14-12-19(3)13-15-26)37-23(7)21(5)30(41-37)17-32-25(9)28(11-2)34(39-32)18-33(27)38-31/h12-18,38-39H,10-11H2,1-9H3. The lowest BCUT2D eigenvalue weighted by molar-refractivity contribution is 1.14. The van der Waals surface area contributed by atoms with Crippen molar-refractivity contribution in [3.63, 3.8) is 0 Å². The van der Waals surface area contributed by atoms with Crippen LogP contribution in [0.1, 0.15) is 92.1 Å². The number of rotatable bonds is 3. The van der Waals surface area contributed by atoms with Gasteiger partial charge in [-0.25, -0.2) is 9.97 Å². The van der Waals surface area contributed by atoms with Gasteiger partial charge in [0.1, 0.15) is 0 Å². The Morgan fingerprint density at radius 3 is 1.39 bits per heavy atom. The monoisotopic (exact) mass is 540 g/mol. The van der Waals surface area contributed by atoms with Crippen molar-refractivity contribution in [2.24, 2.45) is 0 Å². The van der Waals surface area contributed by atoms with E-state index in [0.717, 1.165) is 57.8 Å². The molecule has 0 saturated carbocycles. The fourth-order valence-corrected chi connectivity index (χ4v) is 6.41. The number of allylic oxidation sites excluding steroid dienone is 4. The Balaban J connectivity index is 1.87. The van der Waals surface area contributed by atoms with E-state index in [0.29, 0.717) is 0 Å². The van der Waals surface area contributed by atoms with Crippen LogP contribution in [-0.4, -0.2) is 19.9 Å². The second-order valence-electron chi connectivity index (χ2n) is 11.7. The second kappa shape index (κ2) is 10.0. The van der Waals surface area contributed by atoms with Crippen molar-refractivity contribution in [1.82, 2.24) is 19.9 Å². The van der Waals surface area contributed by atoms with Crippen LogP contribution in [0.4, 0.5) is 0 Å². The SMILES string of the molecule is CCc1c(C)c2cc3nc(c(-c4ccc(C)cc4)c4nc(cc5[nH]c(cc1[nH]2)c(CC)c5C)C(C)=C4C)C(C)=C3C. The number of hydrogen-bond donors (Lipinski definition) is 2. The molecule has 0 unspecified atom stereocenters. The van der Waals surface area contributed by atoms with Gasteiger partial charge in [0.05, 0.1) is 22.8 Å². The van der Waals surface area contributed by atoms with Gasteiger partial charge in [-0.3, -0.25) is 0 Å². The molecular weight excluding hydrogens is 500 g/mol. The van der Waals surface area contributed by atoms with Gasteiger partial charge in [-0.05, 0) is 130 Å². The summed E-state index contributed by atoms with van der Waals surface area (Å²) in [5.74, 6) is 0. The Morgan fingerprint density at radius 2 is 0.976 bits per heavy atom. The van der Waals surface area contributed by atoms with Crippen LogP contribution < -0.4 is 0 Å². The molecule has 8 bridgehead atoms. The van der Waals surface area contributed by atoms with Crippen LogP contribution in [0, 0.1) is 20.8 Å². The summed E-state index contributed by atoms with van der Waals surface area (Å²) in [6, 6.07) is 15.5. The molecule has 3 aromatic heterocycles. The number of nitrogens with one attached hydrogen (secondary N) is 2. The first kappa shape index (κ1) is 27.0. The maximum Gasteiger partial charge on any atom is 0.0769 e. The number of benzene rings is 1. The predicted molar refractivity (Wildman–Crippen MR) is 176 cm³/mol. The summed E-state index contributed by atoms with van der Waals surface area (Å²) < 4.78 is 0. The fraction of sp³-hybridized carbons (Fsp3) is 0.297. The van der Waals surface area contributed by atoms with Gasteiger partial charge >= 0.3 is 0 Å². The van der Waals surface area contributed by atoms with Crippen molar-refractivity contribution in [1.29, 1.82) is 0 Å². The van der Waals surface area contributed by atoms with Gasteiger partial charge in [-0.2, -0.15) is 0 Å². The van der Waals surface area contributed by atoms with E-state index in [9.17, 15) is 0 Å². The van der Waals surface area contributed by atoms with Gasteiger partial charge in [-0.1, -0.05) is 43.7 Å². The molecule has 2 N–H and O–H groups in total. The zero-order chi connectivity index (χ0) is 29.2. The minimum absolute atomic E-state index is 0.962. The van der Waals surface area contributed by atoms with Gasteiger partial charge in [0.15, 0.2) is 0 Å². The summed E-state index contributed by atoms with van der Waals surface area (Å²) in [6.45, 7) is 19.8. The molecule has 0 aliphatic carbocycles. The molecule has 0 amide bonds. The highest BCUT2D eigenvalue weighted by Crippen LogP contribution is 2.42. The summed E-state index contributed by atoms with van der Waals surface area (Å²) in [5, 5.41) is 0. The normalized spacial score (nSPS) is 13.5. The number of H-pyrrole nitrogens is 2. The van der Waals surface area contributed by atoms with E-state index in [1.54, 1.807) is 0 Å². The molecular formula is C37H40N4. The lowest BCUT2D eigenvalue weighted by Crippen LogP contribution is -1.93. The lowest BCUT2D eigenvalue weighted by Gasteiger charge is -2.10. The molecule has 0 radical (unpaired) electrons. The van der Waals surface area contributed by atoms with E-state index in [4.69, 9.17) is 9.97 Å². The van der Waals surface area contributed by atoms with Crippen molar-refractivity contribution in [3.8, 4) is 11.1 Å². The van der Waals surface area contributed by atoms with Crippen molar-refractivity contribution >= 4 is 44.4 Å². The highest BCUT2D eigenvalue weighted by Gasteiger charge is 2.24. The Bertz CT molecular complexity index is 1840. The number of fused-ring (bicyclic) bond motifs is 8. The summed E-state index contributed by atoms with van der Waals surface area (Å²) in [5.41, 5.74) is 22.2. The maximum atomic E-state index is 5.33. The summed E-state index contributed by atoms with van der Waals surface area (Å²) >= 11 is 0. The average Bonchev–Trinajstić information content (AvgIpc) is 3.60. The Morgan fingerprint density at radius 1 is 0.537 bits per heavy atom. The van der Waals surface area contributed by atoms with E-state index >= 15 is 0 Å². The number of hydrogen-bond acceptors (Lipinski definition) is 2. The Labute approximate surface area is 243 Å². The van der Waals surface area contributed by atoms with Gasteiger partial charge in [-0.15, -0.1) is 0 Å². The molecule has 2 aliphatic heterocycles. The largest absolute Gasteiger partial charge is 0.355 e. The first-order valence-corrected chi connectivity index (χ1v) is 14.8. The number of aromatic amines is 2. The third kappa shape index (κ3) is 4.28. The molecule has 0 saturated heterocycles. The summed E-state index contributed by atoms with van der Waals surface area (Å²) in [6.07, 6.45) is 1.92. The van der Waals surface area contributed by atoms with Crippen molar-refractivity contribution < 1.29 is 0 Å². The third-order valence-electron chi connectivity index (χ3n) is 9.34. The molecule has 1 aromatic carbocycles. The molecule has 41 heavy (non-hydrogen) atoms. The highest BCUT2D eigenvalue weighted by atomic mass is 14.8. The molecule has 0 fully saturated rings. The van der Waals surface area contributed by atoms with Crippen molar-refractivity contribution in [3.05, 3.63) is 93.1 Å². The minimum atomic E-state index is 0.962. The molecule has 208 valence electrons. The fourth-order valence-electron chi connectivity index (χ4n) is 6.41. The third-order valence-corrected chi connectivity index (χ3v) is 9.34. The highest BCUT2D eigenvalue weighted by molar-refractivity contribution is 6.01. The Kier molecular flexibility index (Phi) is 6.60. The molecule has 5 heterocycles. The van der Waals surface area contributed by atoms with E-state index in [1.807, 2.05) is 0 Å². The first-order chi connectivity index (χ1) is 19.6. The van der Waals surface area contributed by atoms with E-state index in [-0.39, 0.29) is 0 Å². The van der Waals surface area contributed by atoms with Gasteiger partial charge in [0.25, 0.3) is 0 Å². The zero-order valence-corrected chi connectivity index (χ0v) is 25.9. The van der Waals surface area contributed by atoms with Crippen molar-refractivity contribution in [2.75, 3.05) is 0 Å². The number of nitrogens with zero attached hydrogens (tertiary/aromatic N) is 2. The smallest absolute Gasteiger partial charge is 0.0769 e. The van der Waals surface area contributed by atoms with Crippen LogP contribution in [0.5, 0.6) is 0 Å². The summed E-state index contributed by atoms with van der Waals surface area (Å²) in [4.78, 5) is 18.2. The zero-order valence-electron chi connectivity index (χ0n) is 25.9. The van der Waals surface area contributed by atoms with Crippen LogP contribution >= 0.6 is 0 Å². The summed E-state index contributed by atoms with van der Waals surface area (Å²) in [7, 11) is 0. The first-order valence-electron chi connectivity index (χ1n) is 14.8. The molecule has 6 rings (SSSR count). The van der Waals surface area contributed by atoms with Crippen LogP contribution in [0.15, 0.2) is 42.5 Å². The second-order valence-corrected chi connectivity index (χ2v) is 11.7. The number of aryl methyl sites for hydroxylation is 5. The number of aromatic nitrogens is 4. The van der Waals surface area contributed by atoms with Gasteiger partial charge in [0, 0.05) is 27.6 Å². The lowest BCUT2D eigenvalue weighted by atomic mass is 9.94. The maximum absolute atomic E-state index is 5.33. The molecule has 0 spiro atoms. The van der Waals surface area contributed by atoms with Crippen LogP contribution in [-0.2, 0) is 12.8 Å². The minimum Gasteiger partial charge on any atom is -0.355 e. The van der Waals surface area contributed by atoms with Gasteiger partial charge < -0.3 is 9.97 Å². The molecule has 4 nitrogen and oxygen atoms in total. The van der Waals surface area contributed by atoms with Crippen LogP contribution in [0.25, 0.3) is 55.5 Å². The molecule has 2 aliphatic rings. The predicted octanol–water partition coefficient (Wildman–Crippen LogP) is 9.93. The van der Waals surface area contributed by atoms with E-state index < -0.39 is 0 Å². The molecule has 0 atom stereocenters. The quantitative estimate of drug-likeness (QED) is 0.272. The van der Waals surface area contributed by atoms with E-state index in [1.165, 1.54) is 61.1 Å². The Hall–Kier alpha value is -4.18. The van der Waals surface area contributed by atoms with Crippen LogP contribution in [0.3, 0.4) is 0 Å². The van der Waals surface area contributed by atoms with Crippen LogP contribution in [0.2, 0.25) is 0 Å². The van der Waals surface area contributed by atoms with Gasteiger partial charge in [0.2, 0.25) is 0 Å². The average molecular weight is 541 g/mol. The van der Waals surface area contributed by atoms with E-state index in [2.05, 4.69) is 115 Å². The molecule has 4 aromatic rings. The topological polar surface area (TPSA) is 57.4 Å². The van der Waals surface area contributed by atoms with Crippen molar-refractivity contribution in [2.45, 2.75) is 75.2 Å².